The number of nitrogens with two attached hydrogens (primary N) is 1. The van der Waals surface area contributed by atoms with E-state index in [1.165, 1.54) is 18.2 Å². The Morgan fingerprint density at radius 2 is 1.74 bits per heavy atom. The van der Waals surface area contributed by atoms with Gasteiger partial charge in [-0.3, -0.25) is 0 Å². The smallest absolute Gasteiger partial charge is 0.424 e. The molecule has 0 radical (unpaired) electrons. The maximum Gasteiger partial charge on any atom is 0.424 e. The van der Waals surface area contributed by atoms with Crippen LogP contribution >= 0.6 is 0 Å². The molecule has 0 bridgehead atoms. The van der Waals surface area contributed by atoms with Crippen molar-refractivity contribution in [3.8, 4) is 11.3 Å². The van der Waals surface area contributed by atoms with E-state index in [1.54, 1.807) is 24.3 Å². The van der Waals surface area contributed by atoms with Gasteiger partial charge >= 0.3 is 12.3 Å². The zero-order valence-corrected chi connectivity index (χ0v) is 18.5. The highest BCUT2D eigenvalue weighted by molar-refractivity contribution is 5.70. The van der Waals surface area contributed by atoms with Gasteiger partial charge in [0, 0.05) is 12.1 Å². The molecule has 1 aliphatic rings. The summed E-state index contributed by atoms with van der Waals surface area (Å²) in [5.74, 6) is -0.527. The van der Waals surface area contributed by atoms with E-state index in [0.717, 1.165) is 23.8 Å². The fourth-order valence-electron chi connectivity index (χ4n) is 3.72. The Hall–Kier alpha value is -3.50. The first-order valence-corrected chi connectivity index (χ1v) is 10.8. The molecule has 3 aromatic rings. The molecule has 0 aliphatic heterocycles. The van der Waals surface area contributed by atoms with Crippen molar-refractivity contribution in [3.05, 3.63) is 89.4 Å². The number of carbonyl (C=O) groups excluding carboxylic acids is 1. The molecule has 1 saturated carbocycles. The monoisotopic (exact) mass is 489 g/mol. The lowest BCUT2D eigenvalue weighted by molar-refractivity contribution is -0.263. The lowest BCUT2D eigenvalue weighted by atomic mass is 9.93. The Kier molecular flexibility index (Phi) is 6.52. The summed E-state index contributed by atoms with van der Waals surface area (Å²) in [6.45, 7) is -1.14. The second-order valence-electron chi connectivity index (χ2n) is 8.46. The minimum Gasteiger partial charge on any atom is -0.445 e. The summed E-state index contributed by atoms with van der Waals surface area (Å²) in [4.78, 5) is 16.5. The molecule has 6 nitrogen and oxygen atoms in total. The first-order valence-electron chi connectivity index (χ1n) is 10.8. The van der Waals surface area contributed by atoms with Gasteiger partial charge in [0.1, 0.15) is 12.4 Å². The highest BCUT2D eigenvalue weighted by Gasteiger charge is 2.56. The van der Waals surface area contributed by atoms with Crippen molar-refractivity contribution in [1.29, 1.82) is 0 Å². The van der Waals surface area contributed by atoms with Crippen LogP contribution in [0.25, 0.3) is 11.3 Å². The minimum absolute atomic E-state index is 0.0200. The average molecular weight is 489 g/mol. The summed E-state index contributed by atoms with van der Waals surface area (Å²) in [5.41, 5.74) is 1.68. The summed E-state index contributed by atoms with van der Waals surface area (Å²) in [6.07, 6.45) is -4.97. The molecule has 1 fully saturated rings. The molecule has 35 heavy (non-hydrogen) atoms. The van der Waals surface area contributed by atoms with Gasteiger partial charge in [0.25, 0.3) is 0 Å². The quantitative estimate of drug-likeness (QED) is 0.425. The van der Waals surface area contributed by atoms with E-state index in [1.807, 2.05) is 6.07 Å². The molecule has 1 amide bonds. The Balaban J connectivity index is 1.68. The minimum atomic E-state index is -5.10. The molecule has 0 saturated heterocycles. The SMILES string of the molecule is NCC(O)(c1cc(C2(NC(=O)OCc3ccccc3)CC2)cc(-c2ccc(F)cc2)n1)C(F)(F)F. The second kappa shape index (κ2) is 9.27. The van der Waals surface area contributed by atoms with Gasteiger partial charge in [-0.15, -0.1) is 0 Å². The van der Waals surface area contributed by atoms with E-state index in [4.69, 9.17) is 10.5 Å². The van der Waals surface area contributed by atoms with E-state index in [9.17, 15) is 27.5 Å². The van der Waals surface area contributed by atoms with Gasteiger partial charge in [0.2, 0.25) is 5.60 Å². The fourth-order valence-corrected chi connectivity index (χ4v) is 3.72. The van der Waals surface area contributed by atoms with Crippen molar-refractivity contribution in [3.63, 3.8) is 0 Å². The van der Waals surface area contributed by atoms with Crippen LogP contribution < -0.4 is 11.1 Å². The lowest BCUT2D eigenvalue weighted by Crippen LogP contribution is -2.49. The average Bonchev–Trinajstić information content (AvgIpc) is 3.63. The summed E-state index contributed by atoms with van der Waals surface area (Å²) in [5, 5.41) is 13.2. The number of aromatic nitrogens is 1. The number of hydrogen-bond donors (Lipinski definition) is 3. The topological polar surface area (TPSA) is 97.5 Å². The number of nitrogens with one attached hydrogen (secondary N) is 1. The molecule has 1 aromatic heterocycles. The highest BCUT2D eigenvalue weighted by Crippen LogP contribution is 2.48. The molecule has 184 valence electrons. The van der Waals surface area contributed by atoms with Crippen molar-refractivity contribution >= 4 is 6.09 Å². The van der Waals surface area contributed by atoms with Crippen molar-refractivity contribution in [2.45, 2.75) is 36.8 Å². The molecule has 1 unspecified atom stereocenters. The zero-order chi connectivity index (χ0) is 25.3. The Bertz CT molecular complexity index is 1200. The predicted molar refractivity (Wildman–Crippen MR) is 119 cm³/mol. The molecule has 0 spiro atoms. The number of amides is 1. The highest BCUT2D eigenvalue weighted by atomic mass is 19.4. The molecule has 10 heteroatoms. The van der Waals surface area contributed by atoms with Gasteiger partial charge in [0.15, 0.2) is 0 Å². The number of benzene rings is 2. The Morgan fingerprint density at radius 1 is 1.09 bits per heavy atom. The van der Waals surface area contributed by atoms with Crippen molar-refractivity contribution < 1.29 is 32.2 Å². The van der Waals surface area contributed by atoms with E-state index in [0.29, 0.717) is 24.0 Å². The third-order valence-electron chi connectivity index (χ3n) is 6.01. The largest absolute Gasteiger partial charge is 0.445 e. The van der Waals surface area contributed by atoms with E-state index in [-0.39, 0.29) is 12.3 Å². The summed E-state index contributed by atoms with van der Waals surface area (Å²) < 4.78 is 60.0. The van der Waals surface area contributed by atoms with Crippen LogP contribution in [0.15, 0.2) is 66.7 Å². The van der Waals surface area contributed by atoms with Crippen LogP contribution in [0.3, 0.4) is 0 Å². The number of carbonyl (C=O) groups is 1. The third-order valence-corrected chi connectivity index (χ3v) is 6.01. The molecule has 4 N–H and O–H groups in total. The number of aliphatic hydroxyl groups is 1. The maximum absolute atomic E-state index is 13.8. The first-order chi connectivity index (χ1) is 16.6. The second-order valence-corrected chi connectivity index (χ2v) is 8.46. The van der Waals surface area contributed by atoms with Crippen molar-refractivity contribution in [2.75, 3.05) is 6.54 Å². The lowest BCUT2D eigenvalue weighted by Gasteiger charge is -2.30. The number of alkyl carbamates (subject to hydrolysis) is 1. The Labute approximate surface area is 198 Å². The zero-order valence-electron chi connectivity index (χ0n) is 18.5. The fraction of sp³-hybridized carbons (Fsp3) is 0.280. The molecule has 1 atom stereocenters. The number of nitrogens with zero attached hydrogens (tertiary/aromatic N) is 1. The molecule has 1 heterocycles. The number of hydrogen-bond acceptors (Lipinski definition) is 5. The Morgan fingerprint density at radius 3 is 2.31 bits per heavy atom. The normalized spacial score (nSPS) is 16.3. The molecule has 2 aromatic carbocycles. The molecule has 1 aliphatic carbocycles. The van der Waals surface area contributed by atoms with E-state index in [2.05, 4.69) is 10.3 Å². The van der Waals surface area contributed by atoms with Crippen molar-refractivity contribution in [1.82, 2.24) is 10.3 Å². The molecule has 4 rings (SSSR count). The van der Waals surface area contributed by atoms with Crippen LogP contribution in [-0.2, 0) is 22.5 Å². The maximum atomic E-state index is 13.8. The van der Waals surface area contributed by atoms with Gasteiger partial charge in [-0.2, -0.15) is 13.2 Å². The van der Waals surface area contributed by atoms with Crippen LogP contribution in [0.2, 0.25) is 0 Å². The van der Waals surface area contributed by atoms with Gasteiger partial charge in [-0.1, -0.05) is 30.3 Å². The van der Waals surface area contributed by atoms with Crippen LogP contribution in [0, 0.1) is 5.82 Å². The molecular weight excluding hydrogens is 466 g/mol. The predicted octanol–water partition coefficient (Wildman–Crippen LogP) is 4.51. The number of halogens is 4. The van der Waals surface area contributed by atoms with Crippen LogP contribution in [0.1, 0.15) is 29.7 Å². The van der Waals surface area contributed by atoms with E-state index >= 15 is 0 Å². The van der Waals surface area contributed by atoms with E-state index < -0.39 is 41.5 Å². The molecular formula is C25H23F4N3O3. The summed E-state index contributed by atoms with van der Waals surface area (Å²) in [6, 6.07) is 16.6. The standard InChI is InChI=1S/C25H23F4N3O3/c26-19-8-6-17(7-9-19)20-12-18(13-21(31-20)24(34,15-30)25(27,28)29)23(10-11-23)32-22(33)35-14-16-4-2-1-3-5-16/h1-9,12-13,34H,10-11,14-15,30H2,(H,32,33). The van der Waals surface area contributed by atoms with Crippen LogP contribution in [-0.4, -0.2) is 28.9 Å². The van der Waals surface area contributed by atoms with Gasteiger partial charge < -0.3 is 20.9 Å². The first kappa shape index (κ1) is 24.6. The number of pyridine rings is 1. The van der Waals surface area contributed by atoms with Gasteiger partial charge in [-0.25, -0.2) is 14.2 Å². The van der Waals surface area contributed by atoms with Gasteiger partial charge in [-0.05, 0) is 60.4 Å². The summed E-state index contributed by atoms with van der Waals surface area (Å²) in [7, 11) is 0. The van der Waals surface area contributed by atoms with Crippen molar-refractivity contribution in [2.24, 2.45) is 5.73 Å². The number of alkyl halides is 3. The van der Waals surface area contributed by atoms with Gasteiger partial charge in [0.05, 0.1) is 16.9 Å². The number of rotatable bonds is 7. The summed E-state index contributed by atoms with van der Waals surface area (Å²) >= 11 is 0. The van der Waals surface area contributed by atoms with Crippen LogP contribution in [0.4, 0.5) is 22.4 Å². The number of ether oxygens (including phenoxy) is 1. The third kappa shape index (κ3) is 5.13. The van der Waals surface area contributed by atoms with Crippen LogP contribution in [0.5, 0.6) is 0 Å².